The molecule has 8 rings (SSSR count). The van der Waals surface area contributed by atoms with E-state index in [-0.39, 0.29) is 48.1 Å². The minimum Gasteiger partial charge on any atom is -0.492 e. The summed E-state index contributed by atoms with van der Waals surface area (Å²) in [6.45, 7) is 6.99. The first-order chi connectivity index (χ1) is 23.7. The van der Waals surface area contributed by atoms with E-state index in [0.717, 1.165) is 38.3 Å². The van der Waals surface area contributed by atoms with E-state index in [1.54, 1.807) is 9.58 Å². The molecule has 13 heteroatoms. The smallest absolute Gasteiger partial charge is 0.246 e. The van der Waals surface area contributed by atoms with Gasteiger partial charge in [0.05, 0.1) is 41.7 Å². The van der Waals surface area contributed by atoms with Crippen LogP contribution >= 0.6 is 11.3 Å². The van der Waals surface area contributed by atoms with Crippen LogP contribution in [-0.2, 0) is 23.2 Å². The monoisotopic (exact) mass is 679 g/mol. The zero-order valence-corrected chi connectivity index (χ0v) is 27.6. The second-order valence-electron chi connectivity index (χ2n) is 12.5. The van der Waals surface area contributed by atoms with E-state index >= 15 is 4.39 Å². The maximum atomic E-state index is 16.3. The lowest BCUT2D eigenvalue weighted by molar-refractivity contribution is -0.129. The molecule has 0 saturated carbocycles. The molecular formula is C36H31F2N7O3S. The predicted molar refractivity (Wildman–Crippen MR) is 183 cm³/mol. The van der Waals surface area contributed by atoms with Crippen LogP contribution in [0.25, 0.3) is 54.8 Å². The van der Waals surface area contributed by atoms with Crippen LogP contribution in [0.4, 0.5) is 8.78 Å². The first-order valence-corrected chi connectivity index (χ1v) is 16.8. The Kier molecular flexibility index (Phi) is 7.51. The quantitative estimate of drug-likeness (QED) is 0.200. The Morgan fingerprint density at radius 1 is 1.12 bits per heavy atom. The molecule has 0 bridgehead atoms. The van der Waals surface area contributed by atoms with Crippen molar-refractivity contribution in [1.29, 1.82) is 0 Å². The first kappa shape index (κ1) is 30.9. The highest BCUT2D eigenvalue weighted by Crippen LogP contribution is 2.47. The highest BCUT2D eigenvalue weighted by Gasteiger charge is 2.32. The minimum absolute atomic E-state index is 0.0114. The second kappa shape index (κ2) is 11.9. The number of amides is 2. The zero-order chi connectivity index (χ0) is 34.0. The summed E-state index contributed by atoms with van der Waals surface area (Å²) in [7, 11) is 1.87. The molecule has 2 amide bonds. The van der Waals surface area contributed by atoms with Crippen molar-refractivity contribution in [1.82, 2.24) is 34.8 Å². The van der Waals surface area contributed by atoms with Gasteiger partial charge in [-0.15, -0.1) is 11.3 Å². The lowest BCUT2D eigenvalue weighted by Gasteiger charge is -2.33. The van der Waals surface area contributed by atoms with Gasteiger partial charge in [0.1, 0.15) is 28.8 Å². The molecule has 1 N–H and O–H groups in total. The number of fused-ring (bicyclic) bond motifs is 3. The fraction of sp³-hybridized carbons (Fsp3) is 0.250. The van der Waals surface area contributed by atoms with E-state index in [9.17, 15) is 14.0 Å². The summed E-state index contributed by atoms with van der Waals surface area (Å²) in [4.78, 5) is 31.4. The number of aromatic nitrogens is 5. The molecule has 2 aromatic carbocycles. The van der Waals surface area contributed by atoms with Crippen LogP contribution in [0, 0.1) is 17.6 Å². The van der Waals surface area contributed by atoms with Gasteiger partial charge < -0.3 is 15.0 Å². The number of carbonyl (C=O) groups is 2. The van der Waals surface area contributed by atoms with Crippen LogP contribution in [-0.4, -0.2) is 61.0 Å². The van der Waals surface area contributed by atoms with Crippen LogP contribution in [0.3, 0.4) is 0 Å². The molecule has 0 aliphatic carbocycles. The maximum absolute atomic E-state index is 16.3. The molecule has 1 fully saturated rings. The van der Waals surface area contributed by atoms with Crippen molar-refractivity contribution in [2.75, 3.05) is 19.7 Å². The molecule has 2 aliphatic rings. The first-order valence-electron chi connectivity index (χ1n) is 15.9. The van der Waals surface area contributed by atoms with Crippen molar-refractivity contribution in [2.24, 2.45) is 13.0 Å². The Bertz CT molecular complexity index is 2330. The average Bonchev–Trinajstić information content (AvgIpc) is 3.89. The van der Waals surface area contributed by atoms with Crippen LogP contribution in [0.5, 0.6) is 5.75 Å². The summed E-state index contributed by atoms with van der Waals surface area (Å²) in [5.41, 5.74) is 4.40. The van der Waals surface area contributed by atoms with Gasteiger partial charge in [-0.2, -0.15) is 10.2 Å². The third kappa shape index (κ3) is 5.34. The summed E-state index contributed by atoms with van der Waals surface area (Å²) in [5, 5.41) is 16.0. The van der Waals surface area contributed by atoms with Crippen molar-refractivity contribution in [3.8, 4) is 39.5 Å². The molecule has 10 nitrogen and oxygen atoms in total. The molecule has 6 heterocycles. The highest BCUT2D eigenvalue weighted by atomic mass is 32.1. The van der Waals surface area contributed by atoms with Gasteiger partial charge in [0, 0.05) is 77.4 Å². The van der Waals surface area contributed by atoms with E-state index in [1.807, 2.05) is 60.6 Å². The molecular weight excluding hydrogens is 649 g/mol. The Morgan fingerprint density at radius 2 is 1.98 bits per heavy atom. The van der Waals surface area contributed by atoms with Crippen LogP contribution in [0.1, 0.15) is 25.1 Å². The highest BCUT2D eigenvalue weighted by molar-refractivity contribution is 7.18. The summed E-state index contributed by atoms with van der Waals surface area (Å²) in [5.74, 6) is -1.99. The number of rotatable bonds is 7. The van der Waals surface area contributed by atoms with Crippen molar-refractivity contribution >= 4 is 44.1 Å². The lowest BCUT2D eigenvalue weighted by Crippen LogP contribution is -2.40. The molecule has 6 aromatic rings. The molecule has 0 radical (unpaired) electrons. The molecule has 0 spiro atoms. The largest absolute Gasteiger partial charge is 0.492 e. The van der Waals surface area contributed by atoms with Gasteiger partial charge in [0.15, 0.2) is 0 Å². The fourth-order valence-corrected chi connectivity index (χ4v) is 7.83. The van der Waals surface area contributed by atoms with E-state index in [1.165, 1.54) is 23.5 Å². The van der Waals surface area contributed by atoms with Gasteiger partial charge in [0.2, 0.25) is 11.8 Å². The molecule has 49 heavy (non-hydrogen) atoms. The standard InChI is InChI=1S/C36H31F2N7O3S/c1-4-31(47)44-8-9-45-28(19(44)2)15-27(42-45)35-33(32-25(38)13-23(37)14-29(32)48-18-20-11-30(46)39-16-20)36-24(7-10-49-36)34(40-35)21-5-6-22-17-43(3)41-26(22)12-21/h4-7,10,12-15,17,19-20H,1,8-9,11,16,18H2,2-3H3,(H,39,46)/t19-,20-/m1/s1. The van der Waals surface area contributed by atoms with Crippen LogP contribution in [0.15, 0.2) is 66.7 Å². The third-order valence-electron chi connectivity index (χ3n) is 9.27. The second-order valence-corrected chi connectivity index (χ2v) is 13.4. The minimum atomic E-state index is -0.809. The fourth-order valence-electron chi connectivity index (χ4n) is 6.88. The number of pyridine rings is 1. The van der Waals surface area contributed by atoms with Gasteiger partial charge in [0.25, 0.3) is 0 Å². The van der Waals surface area contributed by atoms with E-state index in [0.29, 0.717) is 42.3 Å². The number of carbonyl (C=O) groups excluding carboxylic acids is 2. The molecule has 0 unspecified atom stereocenters. The normalized spacial score (nSPS) is 17.5. The van der Waals surface area contributed by atoms with Crippen molar-refractivity contribution < 1.29 is 23.1 Å². The Balaban J connectivity index is 1.35. The van der Waals surface area contributed by atoms with Gasteiger partial charge in [-0.05, 0) is 36.6 Å². The number of hydrogen-bond acceptors (Lipinski definition) is 7. The average molecular weight is 680 g/mol. The van der Waals surface area contributed by atoms with Crippen molar-refractivity contribution in [2.45, 2.75) is 25.9 Å². The maximum Gasteiger partial charge on any atom is 0.246 e. The van der Waals surface area contributed by atoms with Gasteiger partial charge in [-0.1, -0.05) is 18.7 Å². The molecule has 2 atom stereocenters. The third-order valence-corrected chi connectivity index (χ3v) is 10.2. The van der Waals surface area contributed by atoms with Gasteiger partial charge >= 0.3 is 0 Å². The van der Waals surface area contributed by atoms with E-state index < -0.39 is 11.6 Å². The Morgan fingerprint density at radius 3 is 2.78 bits per heavy atom. The topological polar surface area (TPSA) is 107 Å². The summed E-state index contributed by atoms with van der Waals surface area (Å²) < 4.78 is 41.6. The number of aryl methyl sites for hydroxylation is 1. The van der Waals surface area contributed by atoms with Crippen molar-refractivity contribution in [3.63, 3.8) is 0 Å². The number of nitrogens with one attached hydrogen (secondary N) is 1. The summed E-state index contributed by atoms with van der Waals surface area (Å²) in [6, 6.07) is 11.5. The molecule has 1 saturated heterocycles. The number of nitrogens with zero attached hydrogens (tertiary/aromatic N) is 6. The summed E-state index contributed by atoms with van der Waals surface area (Å²) >= 11 is 1.41. The molecule has 248 valence electrons. The summed E-state index contributed by atoms with van der Waals surface area (Å²) in [6.07, 6.45) is 3.51. The molecule has 4 aromatic heterocycles. The lowest BCUT2D eigenvalue weighted by atomic mass is 9.96. The number of hydrogen-bond donors (Lipinski definition) is 1. The number of halogens is 2. The Labute approximate surface area is 283 Å². The SMILES string of the molecule is C=CC(=O)N1CCn2nc(-c3nc(-c4ccc5cn(C)nc5c4)c4ccsc4c3-c3c(F)cc(F)cc3OC[C@H]3CNC(=O)C3)cc2[C@H]1C. The van der Waals surface area contributed by atoms with E-state index in [4.69, 9.17) is 14.8 Å². The van der Waals surface area contributed by atoms with Gasteiger partial charge in [-0.3, -0.25) is 19.0 Å². The van der Waals surface area contributed by atoms with Crippen molar-refractivity contribution in [3.05, 3.63) is 84.0 Å². The van der Waals surface area contributed by atoms with Gasteiger partial charge in [-0.25, -0.2) is 13.8 Å². The predicted octanol–water partition coefficient (Wildman–Crippen LogP) is 6.26. The Hall–Kier alpha value is -5.43. The zero-order valence-electron chi connectivity index (χ0n) is 26.7. The van der Waals surface area contributed by atoms with E-state index in [2.05, 4.69) is 17.0 Å². The number of thiophene rings is 1. The number of benzene rings is 2. The molecule has 2 aliphatic heterocycles. The van der Waals surface area contributed by atoms with Crippen LogP contribution < -0.4 is 10.1 Å². The number of ether oxygens (including phenoxy) is 1. The van der Waals surface area contributed by atoms with Crippen LogP contribution in [0.2, 0.25) is 0 Å².